The highest BCUT2D eigenvalue weighted by Crippen LogP contribution is 2.33. The first kappa shape index (κ1) is 12.8. The molecule has 2 heterocycles. The van der Waals surface area contributed by atoms with Crippen molar-refractivity contribution in [3.05, 3.63) is 12.2 Å². The summed E-state index contributed by atoms with van der Waals surface area (Å²) < 4.78 is 1.81. The van der Waals surface area contributed by atoms with Crippen molar-refractivity contribution < 1.29 is 4.79 Å². The van der Waals surface area contributed by atoms with E-state index in [1.165, 1.54) is 32.0 Å². The average molecular weight is 262 g/mol. The van der Waals surface area contributed by atoms with Crippen LogP contribution in [0.5, 0.6) is 0 Å². The first-order valence-corrected chi connectivity index (χ1v) is 7.43. The van der Waals surface area contributed by atoms with Crippen LogP contribution in [0.2, 0.25) is 0 Å². The third-order valence-corrected chi connectivity index (χ3v) is 4.58. The molecule has 3 unspecified atom stereocenters. The first-order chi connectivity index (χ1) is 9.28. The number of nitrogens with zero attached hydrogens (tertiary/aromatic N) is 3. The molecule has 0 aromatic carbocycles. The van der Waals surface area contributed by atoms with Crippen molar-refractivity contribution in [2.24, 2.45) is 5.92 Å². The van der Waals surface area contributed by atoms with Gasteiger partial charge in [-0.2, -0.15) is 5.10 Å². The Morgan fingerprint density at radius 2 is 2.32 bits per heavy atom. The van der Waals surface area contributed by atoms with Gasteiger partial charge >= 0.3 is 0 Å². The predicted molar refractivity (Wildman–Crippen MR) is 71.7 cm³/mol. The molecule has 1 aliphatic carbocycles. The number of Topliss-reactive ketones (excluding diaryl/α,β-unsaturated/α-hetero) is 1. The van der Waals surface area contributed by atoms with Gasteiger partial charge < -0.3 is 5.32 Å². The Balaban J connectivity index is 1.62. The fourth-order valence-electron chi connectivity index (χ4n) is 3.53. The SMILES string of the molecule is CCn1ncnc1CC(=O)C1CC2CCCCC2N1. The van der Waals surface area contributed by atoms with E-state index in [-0.39, 0.29) is 11.8 Å². The Morgan fingerprint density at radius 3 is 3.11 bits per heavy atom. The normalized spacial score (nSPS) is 30.3. The highest BCUT2D eigenvalue weighted by molar-refractivity contribution is 5.85. The Morgan fingerprint density at radius 1 is 1.47 bits per heavy atom. The first-order valence-electron chi connectivity index (χ1n) is 7.43. The predicted octanol–water partition coefficient (Wildman–Crippen LogP) is 1.33. The maximum Gasteiger partial charge on any atom is 0.157 e. The second kappa shape index (κ2) is 5.41. The molecule has 2 fully saturated rings. The molecule has 1 aromatic rings. The molecule has 1 aliphatic heterocycles. The standard InChI is InChI=1S/C14H22N4O/c1-2-18-14(15-9-16-18)8-13(19)12-7-10-5-3-4-6-11(10)17-12/h9-12,17H,2-8H2,1H3. The molecule has 104 valence electrons. The van der Waals surface area contributed by atoms with E-state index in [9.17, 15) is 4.79 Å². The van der Waals surface area contributed by atoms with Gasteiger partial charge in [0.15, 0.2) is 5.78 Å². The number of nitrogens with one attached hydrogen (secondary N) is 1. The minimum Gasteiger partial charge on any atom is -0.304 e. The average Bonchev–Trinajstić information content (AvgIpc) is 3.03. The number of ketones is 1. The van der Waals surface area contributed by atoms with E-state index >= 15 is 0 Å². The smallest absolute Gasteiger partial charge is 0.157 e. The molecule has 5 heteroatoms. The lowest BCUT2D eigenvalue weighted by Gasteiger charge is -2.24. The van der Waals surface area contributed by atoms with E-state index < -0.39 is 0 Å². The van der Waals surface area contributed by atoms with Crippen molar-refractivity contribution in [2.75, 3.05) is 0 Å². The summed E-state index contributed by atoms with van der Waals surface area (Å²) in [6.45, 7) is 2.79. The second-order valence-electron chi connectivity index (χ2n) is 5.74. The van der Waals surface area contributed by atoms with E-state index in [1.807, 2.05) is 6.92 Å². The van der Waals surface area contributed by atoms with Crippen LogP contribution >= 0.6 is 0 Å². The van der Waals surface area contributed by atoms with Gasteiger partial charge in [-0.15, -0.1) is 0 Å². The van der Waals surface area contributed by atoms with Crippen LogP contribution in [0.25, 0.3) is 0 Å². The Bertz CT molecular complexity index is 442. The number of aryl methyl sites for hydroxylation is 1. The van der Waals surface area contributed by atoms with Crippen LogP contribution in [0.3, 0.4) is 0 Å². The van der Waals surface area contributed by atoms with Gasteiger partial charge in [0.1, 0.15) is 12.2 Å². The van der Waals surface area contributed by atoms with Gasteiger partial charge in [0.25, 0.3) is 0 Å². The largest absolute Gasteiger partial charge is 0.304 e. The van der Waals surface area contributed by atoms with Gasteiger partial charge in [-0.1, -0.05) is 12.8 Å². The topological polar surface area (TPSA) is 59.8 Å². The minimum absolute atomic E-state index is 0.0371. The molecular formula is C14H22N4O. The summed E-state index contributed by atoms with van der Waals surface area (Å²) in [7, 11) is 0. The lowest BCUT2D eigenvalue weighted by molar-refractivity contribution is -0.120. The van der Waals surface area contributed by atoms with Crippen molar-refractivity contribution in [3.8, 4) is 0 Å². The summed E-state index contributed by atoms with van der Waals surface area (Å²) in [5, 5.41) is 7.66. The Kier molecular flexibility index (Phi) is 3.64. The van der Waals surface area contributed by atoms with E-state index in [4.69, 9.17) is 0 Å². The van der Waals surface area contributed by atoms with Gasteiger partial charge in [0.05, 0.1) is 12.5 Å². The van der Waals surface area contributed by atoms with Crippen LogP contribution in [0.15, 0.2) is 6.33 Å². The molecule has 0 bridgehead atoms. The fourth-order valence-corrected chi connectivity index (χ4v) is 3.53. The number of carbonyl (C=O) groups excluding carboxylic acids is 1. The second-order valence-corrected chi connectivity index (χ2v) is 5.74. The minimum atomic E-state index is 0.0371. The third kappa shape index (κ3) is 2.56. The number of fused-ring (bicyclic) bond motifs is 1. The van der Waals surface area contributed by atoms with Crippen molar-refractivity contribution in [1.29, 1.82) is 0 Å². The molecule has 1 saturated carbocycles. The van der Waals surface area contributed by atoms with Gasteiger partial charge in [-0.25, -0.2) is 9.67 Å². The van der Waals surface area contributed by atoms with Crippen LogP contribution in [-0.4, -0.2) is 32.6 Å². The summed E-state index contributed by atoms with van der Waals surface area (Å²) in [5.74, 6) is 1.79. The quantitative estimate of drug-likeness (QED) is 0.889. The Labute approximate surface area is 113 Å². The fraction of sp³-hybridized carbons (Fsp3) is 0.786. The molecule has 3 rings (SSSR count). The molecule has 1 saturated heterocycles. The molecule has 1 N–H and O–H groups in total. The van der Waals surface area contributed by atoms with Crippen LogP contribution < -0.4 is 5.32 Å². The molecule has 0 amide bonds. The summed E-state index contributed by atoms with van der Waals surface area (Å²) >= 11 is 0. The molecule has 2 aliphatic rings. The number of aromatic nitrogens is 3. The highest BCUT2D eigenvalue weighted by atomic mass is 16.1. The number of carbonyl (C=O) groups is 1. The van der Waals surface area contributed by atoms with Crippen molar-refractivity contribution in [2.45, 2.75) is 64.1 Å². The maximum atomic E-state index is 12.4. The van der Waals surface area contributed by atoms with Gasteiger partial charge in [-0.3, -0.25) is 4.79 Å². The van der Waals surface area contributed by atoms with Crippen molar-refractivity contribution in [1.82, 2.24) is 20.1 Å². The molecular weight excluding hydrogens is 240 g/mol. The highest BCUT2D eigenvalue weighted by Gasteiger charge is 2.38. The monoisotopic (exact) mass is 262 g/mol. The molecule has 1 aromatic heterocycles. The van der Waals surface area contributed by atoms with E-state index in [1.54, 1.807) is 4.68 Å². The van der Waals surface area contributed by atoms with E-state index in [2.05, 4.69) is 15.4 Å². The third-order valence-electron chi connectivity index (χ3n) is 4.58. The van der Waals surface area contributed by atoms with E-state index in [0.717, 1.165) is 18.8 Å². The lowest BCUT2D eigenvalue weighted by Crippen LogP contribution is -2.38. The number of hydrogen-bond donors (Lipinski definition) is 1. The summed E-state index contributed by atoms with van der Waals surface area (Å²) in [5.41, 5.74) is 0. The summed E-state index contributed by atoms with van der Waals surface area (Å²) in [4.78, 5) is 16.6. The van der Waals surface area contributed by atoms with E-state index in [0.29, 0.717) is 18.4 Å². The molecule has 0 radical (unpaired) electrons. The zero-order valence-corrected chi connectivity index (χ0v) is 11.5. The summed E-state index contributed by atoms with van der Waals surface area (Å²) in [6.07, 6.45) is 8.11. The number of rotatable bonds is 4. The van der Waals surface area contributed by atoms with Crippen LogP contribution in [0, 0.1) is 5.92 Å². The maximum absolute atomic E-state index is 12.4. The van der Waals surface area contributed by atoms with Crippen molar-refractivity contribution in [3.63, 3.8) is 0 Å². The molecule has 3 atom stereocenters. The molecule has 0 spiro atoms. The van der Waals surface area contributed by atoms with Crippen LogP contribution in [0.4, 0.5) is 0 Å². The molecule has 5 nitrogen and oxygen atoms in total. The molecule has 19 heavy (non-hydrogen) atoms. The zero-order chi connectivity index (χ0) is 13.2. The van der Waals surface area contributed by atoms with Crippen LogP contribution in [0.1, 0.15) is 44.9 Å². The van der Waals surface area contributed by atoms with Gasteiger partial charge in [-0.05, 0) is 32.1 Å². The lowest BCUT2D eigenvalue weighted by atomic mass is 9.84. The van der Waals surface area contributed by atoms with Crippen LogP contribution in [-0.2, 0) is 17.8 Å². The number of hydrogen-bond acceptors (Lipinski definition) is 4. The van der Waals surface area contributed by atoms with Gasteiger partial charge in [0, 0.05) is 12.6 Å². The van der Waals surface area contributed by atoms with Crippen molar-refractivity contribution >= 4 is 5.78 Å². The zero-order valence-electron chi connectivity index (χ0n) is 11.5. The summed E-state index contributed by atoms with van der Waals surface area (Å²) in [6, 6.07) is 0.613. The van der Waals surface area contributed by atoms with Gasteiger partial charge in [0.2, 0.25) is 0 Å². The Hall–Kier alpha value is -1.23.